The monoisotopic (exact) mass is 276 g/mol. The third-order valence-corrected chi connectivity index (χ3v) is 2.88. The Morgan fingerprint density at radius 1 is 1.16 bits per heavy atom. The molecule has 8 heteroatoms. The van der Waals surface area contributed by atoms with E-state index in [9.17, 15) is 24.9 Å². The zero-order valence-corrected chi connectivity index (χ0v) is 10.9. The van der Waals surface area contributed by atoms with Crippen LogP contribution in [-0.2, 0) is 14.3 Å². The van der Waals surface area contributed by atoms with E-state index in [1.807, 2.05) is 0 Å². The van der Waals surface area contributed by atoms with Gasteiger partial charge in [-0.2, -0.15) is 0 Å². The molecule has 19 heavy (non-hydrogen) atoms. The molecular formula is C11H20N2O6. The van der Waals surface area contributed by atoms with Crippen molar-refractivity contribution in [2.75, 3.05) is 6.54 Å². The average Bonchev–Trinajstić information content (AvgIpc) is 2.33. The largest absolute Gasteiger partial charge is 0.388 e. The number of aliphatic hydroxyl groups excluding tert-OH is 3. The summed E-state index contributed by atoms with van der Waals surface area (Å²) < 4.78 is 5.20. The minimum Gasteiger partial charge on any atom is -0.388 e. The van der Waals surface area contributed by atoms with Gasteiger partial charge in [0.2, 0.25) is 11.8 Å². The number of ether oxygens (including phenoxy) is 1. The smallest absolute Gasteiger partial charge is 0.223 e. The van der Waals surface area contributed by atoms with Gasteiger partial charge in [0.05, 0.1) is 6.10 Å². The van der Waals surface area contributed by atoms with Gasteiger partial charge in [0.15, 0.2) is 6.23 Å². The maximum absolute atomic E-state index is 11.5. The first-order chi connectivity index (χ1) is 8.82. The van der Waals surface area contributed by atoms with Gasteiger partial charge in [-0.25, -0.2) is 0 Å². The zero-order valence-electron chi connectivity index (χ0n) is 10.9. The Labute approximate surface area is 110 Å². The van der Waals surface area contributed by atoms with Gasteiger partial charge < -0.3 is 30.7 Å². The van der Waals surface area contributed by atoms with Crippen molar-refractivity contribution in [1.82, 2.24) is 10.6 Å². The van der Waals surface area contributed by atoms with Gasteiger partial charge >= 0.3 is 0 Å². The van der Waals surface area contributed by atoms with Crippen LogP contribution in [-0.4, -0.2) is 64.3 Å². The minimum atomic E-state index is -1.41. The molecule has 110 valence electrons. The number of aliphatic hydroxyl groups is 3. The second-order valence-electron chi connectivity index (χ2n) is 4.53. The highest BCUT2D eigenvalue weighted by molar-refractivity contribution is 5.78. The van der Waals surface area contributed by atoms with E-state index in [4.69, 9.17) is 4.74 Å². The Hall–Kier alpha value is -1.22. The summed E-state index contributed by atoms with van der Waals surface area (Å²) in [6.45, 7) is 3.03. The van der Waals surface area contributed by atoms with Crippen LogP contribution in [0.3, 0.4) is 0 Å². The predicted octanol–water partition coefficient (Wildman–Crippen LogP) is -2.54. The molecule has 1 aliphatic rings. The van der Waals surface area contributed by atoms with Crippen LogP contribution in [0.25, 0.3) is 0 Å². The molecular weight excluding hydrogens is 256 g/mol. The molecule has 0 bridgehead atoms. The van der Waals surface area contributed by atoms with Gasteiger partial charge in [-0.05, 0) is 6.92 Å². The van der Waals surface area contributed by atoms with E-state index < -0.39 is 36.6 Å². The van der Waals surface area contributed by atoms with Crippen molar-refractivity contribution in [3.63, 3.8) is 0 Å². The van der Waals surface area contributed by atoms with Crippen molar-refractivity contribution >= 4 is 11.8 Å². The lowest BCUT2D eigenvalue weighted by Gasteiger charge is -2.39. The molecule has 5 N–H and O–H groups in total. The molecule has 1 rings (SSSR count). The predicted molar refractivity (Wildman–Crippen MR) is 63.8 cm³/mol. The number of carbonyl (C=O) groups is 2. The molecule has 0 unspecified atom stereocenters. The van der Waals surface area contributed by atoms with Crippen LogP contribution >= 0.6 is 0 Å². The van der Waals surface area contributed by atoms with Crippen LogP contribution in [0.1, 0.15) is 20.3 Å². The normalized spacial score (nSPS) is 34.7. The van der Waals surface area contributed by atoms with Crippen LogP contribution in [0, 0.1) is 0 Å². The molecule has 1 fully saturated rings. The molecule has 0 aromatic carbocycles. The molecule has 0 aromatic rings. The van der Waals surface area contributed by atoms with Crippen LogP contribution in [0.5, 0.6) is 0 Å². The Bertz CT molecular complexity index is 337. The second kappa shape index (κ2) is 6.80. The van der Waals surface area contributed by atoms with E-state index in [0.29, 0.717) is 0 Å². The van der Waals surface area contributed by atoms with Gasteiger partial charge in [-0.15, -0.1) is 0 Å². The Morgan fingerprint density at radius 3 is 2.37 bits per heavy atom. The van der Waals surface area contributed by atoms with E-state index in [-0.39, 0.29) is 18.9 Å². The van der Waals surface area contributed by atoms with Crippen LogP contribution in [0.2, 0.25) is 0 Å². The lowest BCUT2D eigenvalue weighted by atomic mass is 9.99. The SMILES string of the molecule is CC(=O)NCCC(=O)N[C@@H]1O[C@@H](C)[C@@H](O)[C@@H](O)[C@@H]1O. The number of carbonyl (C=O) groups excluding carboxylic acids is 2. The molecule has 0 aliphatic carbocycles. The summed E-state index contributed by atoms with van der Waals surface area (Å²) in [5.41, 5.74) is 0. The summed E-state index contributed by atoms with van der Waals surface area (Å²) in [6.07, 6.45) is -5.76. The van der Waals surface area contributed by atoms with E-state index in [0.717, 1.165) is 0 Å². The first-order valence-electron chi connectivity index (χ1n) is 6.06. The molecule has 2 amide bonds. The van der Waals surface area contributed by atoms with E-state index in [2.05, 4.69) is 10.6 Å². The van der Waals surface area contributed by atoms with Gasteiger partial charge in [0.1, 0.15) is 18.3 Å². The Morgan fingerprint density at radius 2 is 1.79 bits per heavy atom. The quantitative estimate of drug-likeness (QED) is 0.385. The Balaban J connectivity index is 2.43. The number of nitrogens with one attached hydrogen (secondary N) is 2. The molecule has 1 saturated heterocycles. The highest BCUT2D eigenvalue weighted by atomic mass is 16.5. The maximum atomic E-state index is 11.5. The summed E-state index contributed by atoms with van der Waals surface area (Å²) in [7, 11) is 0. The highest BCUT2D eigenvalue weighted by Crippen LogP contribution is 2.19. The molecule has 0 saturated carbocycles. The third-order valence-electron chi connectivity index (χ3n) is 2.88. The van der Waals surface area contributed by atoms with Gasteiger partial charge in [-0.1, -0.05) is 0 Å². The van der Waals surface area contributed by atoms with Crippen molar-refractivity contribution in [2.24, 2.45) is 0 Å². The maximum Gasteiger partial charge on any atom is 0.223 e. The van der Waals surface area contributed by atoms with Gasteiger partial charge in [0, 0.05) is 19.9 Å². The van der Waals surface area contributed by atoms with Crippen LogP contribution < -0.4 is 10.6 Å². The van der Waals surface area contributed by atoms with Crippen molar-refractivity contribution in [3.05, 3.63) is 0 Å². The second-order valence-corrected chi connectivity index (χ2v) is 4.53. The molecule has 1 aliphatic heterocycles. The van der Waals surface area contributed by atoms with Crippen molar-refractivity contribution in [1.29, 1.82) is 0 Å². The van der Waals surface area contributed by atoms with Crippen molar-refractivity contribution < 1.29 is 29.6 Å². The summed E-state index contributed by atoms with van der Waals surface area (Å²) in [5.74, 6) is -0.678. The zero-order chi connectivity index (χ0) is 14.6. The van der Waals surface area contributed by atoms with E-state index >= 15 is 0 Å². The van der Waals surface area contributed by atoms with Crippen LogP contribution in [0.4, 0.5) is 0 Å². The molecule has 1 heterocycles. The topological polar surface area (TPSA) is 128 Å². The first kappa shape index (κ1) is 15.8. The van der Waals surface area contributed by atoms with Crippen molar-refractivity contribution in [3.8, 4) is 0 Å². The first-order valence-corrected chi connectivity index (χ1v) is 6.06. The fraction of sp³-hybridized carbons (Fsp3) is 0.818. The molecule has 0 spiro atoms. The number of hydrogen-bond acceptors (Lipinski definition) is 6. The minimum absolute atomic E-state index is 0.0270. The summed E-state index contributed by atoms with van der Waals surface area (Å²) >= 11 is 0. The fourth-order valence-corrected chi connectivity index (χ4v) is 1.75. The van der Waals surface area contributed by atoms with Gasteiger partial charge in [-0.3, -0.25) is 9.59 Å². The van der Waals surface area contributed by atoms with E-state index in [1.54, 1.807) is 0 Å². The average molecular weight is 276 g/mol. The standard InChI is InChI=1S/C11H20N2O6/c1-5-8(16)9(17)10(18)11(19-5)13-7(15)3-4-12-6(2)14/h5,8-11,16-18H,3-4H2,1-2H3,(H,12,14)(H,13,15)/t5-,8+,9+,10-,11+/m0/s1. The lowest BCUT2D eigenvalue weighted by Crippen LogP contribution is -2.61. The number of hydrogen-bond donors (Lipinski definition) is 5. The van der Waals surface area contributed by atoms with Crippen LogP contribution in [0.15, 0.2) is 0 Å². The fourth-order valence-electron chi connectivity index (χ4n) is 1.75. The number of amides is 2. The summed E-state index contributed by atoms with van der Waals surface area (Å²) in [5, 5.41) is 33.6. The highest BCUT2D eigenvalue weighted by Gasteiger charge is 2.42. The molecule has 0 aromatic heterocycles. The molecule has 8 nitrogen and oxygen atoms in total. The molecule has 5 atom stereocenters. The van der Waals surface area contributed by atoms with Gasteiger partial charge in [0.25, 0.3) is 0 Å². The van der Waals surface area contributed by atoms with E-state index in [1.165, 1.54) is 13.8 Å². The number of rotatable bonds is 4. The lowest BCUT2D eigenvalue weighted by molar-refractivity contribution is -0.224. The third kappa shape index (κ3) is 4.43. The summed E-state index contributed by atoms with van der Waals surface area (Å²) in [6, 6.07) is 0. The summed E-state index contributed by atoms with van der Waals surface area (Å²) in [4.78, 5) is 22.2. The molecule has 0 radical (unpaired) electrons. The van der Waals surface area contributed by atoms with Crippen molar-refractivity contribution in [2.45, 2.75) is 50.9 Å². The Kier molecular flexibility index (Phi) is 5.67.